The Kier molecular flexibility index (Phi) is 9.77. The van der Waals surface area contributed by atoms with Gasteiger partial charge in [0.05, 0.1) is 5.75 Å². The molecule has 7 heteroatoms. The van der Waals surface area contributed by atoms with Crippen LogP contribution >= 0.6 is 24.0 Å². The summed E-state index contributed by atoms with van der Waals surface area (Å²) in [6, 6.07) is 0.526. The molecule has 0 aromatic heterocycles. The normalized spacial score (nSPS) is 17.1. The summed E-state index contributed by atoms with van der Waals surface area (Å²) in [6.07, 6.45) is 6.82. The van der Waals surface area contributed by atoms with Gasteiger partial charge in [-0.2, -0.15) is 0 Å². The van der Waals surface area contributed by atoms with Gasteiger partial charge in [0.1, 0.15) is 9.84 Å². The first-order valence-corrected chi connectivity index (χ1v) is 8.80. The molecule has 2 N–H and O–H groups in total. The van der Waals surface area contributed by atoms with Crippen molar-refractivity contribution in [2.24, 2.45) is 4.99 Å². The van der Waals surface area contributed by atoms with Gasteiger partial charge in [-0.1, -0.05) is 12.8 Å². The quantitative estimate of drug-likeness (QED) is 0.306. The molecule has 0 heterocycles. The topological polar surface area (TPSA) is 70.6 Å². The van der Waals surface area contributed by atoms with E-state index in [-0.39, 0.29) is 29.7 Å². The molecular weight excluding hydrogens is 377 g/mol. The van der Waals surface area contributed by atoms with Crippen LogP contribution in [0.2, 0.25) is 0 Å². The molecule has 0 aromatic rings. The fourth-order valence-electron chi connectivity index (χ4n) is 2.10. The van der Waals surface area contributed by atoms with E-state index in [4.69, 9.17) is 0 Å². The number of aliphatic imine (C=N–C) groups is 1. The molecule has 0 aliphatic heterocycles. The van der Waals surface area contributed by atoms with Crippen LogP contribution in [0.25, 0.3) is 0 Å². The Morgan fingerprint density at radius 3 is 2.47 bits per heavy atom. The number of nitrogens with zero attached hydrogens (tertiary/aromatic N) is 1. The summed E-state index contributed by atoms with van der Waals surface area (Å²) in [6.45, 7) is 3.40. The lowest BCUT2D eigenvalue weighted by Gasteiger charge is -2.16. The van der Waals surface area contributed by atoms with Crippen LogP contribution in [0.5, 0.6) is 0 Å². The van der Waals surface area contributed by atoms with E-state index in [0.29, 0.717) is 19.0 Å². The van der Waals surface area contributed by atoms with E-state index in [0.717, 1.165) is 12.5 Å². The van der Waals surface area contributed by atoms with Crippen molar-refractivity contribution in [2.45, 2.75) is 45.1 Å². The molecule has 1 aliphatic rings. The number of halogens is 1. The van der Waals surface area contributed by atoms with Crippen LogP contribution in [0.1, 0.15) is 39.0 Å². The summed E-state index contributed by atoms with van der Waals surface area (Å²) in [5.41, 5.74) is 0. The molecule has 1 aliphatic carbocycles. The van der Waals surface area contributed by atoms with Crippen molar-refractivity contribution in [3.8, 4) is 0 Å². The molecule has 0 radical (unpaired) electrons. The lowest BCUT2D eigenvalue weighted by molar-refractivity contribution is 0.598. The van der Waals surface area contributed by atoms with Gasteiger partial charge in [-0.3, -0.25) is 4.99 Å². The summed E-state index contributed by atoms with van der Waals surface area (Å²) >= 11 is 0. The van der Waals surface area contributed by atoms with E-state index in [2.05, 4.69) is 15.6 Å². The molecule has 0 amide bonds. The second-order valence-corrected chi connectivity index (χ2v) is 7.13. The molecule has 1 rings (SSSR count). The highest BCUT2D eigenvalue weighted by atomic mass is 127. The molecule has 0 spiro atoms. The van der Waals surface area contributed by atoms with Crippen molar-refractivity contribution in [3.05, 3.63) is 0 Å². The van der Waals surface area contributed by atoms with Crippen LogP contribution in [-0.2, 0) is 9.84 Å². The van der Waals surface area contributed by atoms with Gasteiger partial charge in [0.2, 0.25) is 0 Å². The van der Waals surface area contributed by atoms with Gasteiger partial charge >= 0.3 is 0 Å². The number of sulfone groups is 1. The number of nitrogens with one attached hydrogen (secondary N) is 2. The molecule has 1 saturated carbocycles. The molecule has 19 heavy (non-hydrogen) atoms. The highest BCUT2D eigenvalue weighted by molar-refractivity contribution is 14.0. The Morgan fingerprint density at radius 1 is 1.32 bits per heavy atom. The number of hydrogen-bond acceptors (Lipinski definition) is 3. The lowest BCUT2D eigenvalue weighted by Crippen LogP contribution is -2.42. The maximum Gasteiger partial charge on any atom is 0.191 e. The third-order valence-corrected chi connectivity index (χ3v) is 4.01. The van der Waals surface area contributed by atoms with E-state index in [1.807, 2.05) is 6.92 Å². The minimum atomic E-state index is -2.87. The Hall–Kier alpha value is -0.0500. The predicted octanol–water partition coefficient (Wildman–Crippen LogP) is 1.54. The Bertz CT molecular complexity index is 365. The van der Waals surface area contributed by atoms with Crippen LogP contribution in [0.15, 0.2) is 4.99 Å². The Labute approximate surface area is 134 Å². The lowest BCUT2D eigenvalue weighted by atomic mass is 10.2. The molecule has 0 aromatic carbocycles. The van der Waals surface area contributed by atoms with Crippen LogP contribution < -0.4 is 10.6 Å². The third-order valence-electron chi connectivity index (χ3n) is 2.98. The van der Waals surface area contributed by atoms with Crippen molar-refractivity contribution in [2.75, 3.05) is 25.1 Å². The highest BCUT2D eigenvalue weighted by Crippen LogP contribution is 2.17. The van der Waals surface area contributed by atoms with Crippen LogP contribution in [-0.4, -0.2) is 45.5 Å². The minimum absolute atomic E-state index is 0. The van der Waals surface area contributed by atoms with Gasteiger partial charge in [0.25, 0.3) is 0 Å². The monoisotopic (exact) mass is 403 g/mol. The highest BCUT2D eigenvalue weighted by Gasteiger charge is 2.15. The van der Waals surface area contributed by atoms with E-state index in [1.54, 1.807) is 0 Å². The smallest absolute Gasteiger partial charge is 0.191 e. The van der Waals surface area contributed by atoms with Crippen molar-refractivity contribution >= 4 is 39.8 Å². The standard InChI is InChI=1S/C12H25N3O2S.HI/c1-3-13-12(15-11-7-4-5-8-11)14-9-6-10-18(2,16)17;/h11H,3-10H2,1-2H3,(H2,13,14,15);1H. The first-order chi connectivity index (χ1) is 8.51. The second kappa shape index (κ2) is 9.79. The Morgan fingerprint density at radius 2 is 1.95 bits per heavy atom. The zero-order valence-corrected chi connectivity index (χ0v) is 15.0. The molecule has 0 bridgehead atoms. The number of rotatable bonds is 6. The summed E-state index contributed by atoms with van der Waals surface area (Å²) in [4.78, 5) is 4.41. The van der Waals surface area contributed by atoms with E-state index >= 15 is 0 Å². The van der Waals surface area contributed by atoms with E-state index in [9.17, 15) is 8.42 Å². The molecule has 5 nitrogen and oxygen atoms in total. The second-order valence-electron chi connectivity index (χ2n) is 4.87. The largest absolute Gasteiger partial charge is 0.357 e. The zero-order valence-electron chi connectivity index (χ0n) is 11.8. The Balaban J connectivity index is 0.00000324. The van der Waals surface area contributed by atoms with Crippen LogP contribution in [0, 0.1) is 0 Å². The van der Waals surface area contributed by atoms with Crippen molar-refractivity contribution in [1.82, 2.24) is 10.6 Å². The van der Waals surface area contributed by atoms with Crippen LogP contribution in [0.4, 0.5) is 0 Å². The molecule has 0 saturated heterocycles. The first-order valence-electron chi connectivity index (χ1n) is 6.74. The van der Waals surface area contributed by atoms with Gasteiger partial charge in [-0.25, -0.2) is 8.42 Å². The van der Waals surface area contributed by atoms with Crippen molar-refractivity contribution in [1.29, 1.82) is 0 Å². The summed E-state index contributed by atoms with van der Waals surface area (Å²) in [7, 11) is -2.87. The van der Waals surface area contributed by atoms with Crippen molar-refractivity contribution in [3.63, 3.8) is 0 Å². The predicted molar refractivity (Wildman–Crippen MR) is 91.1 cm³/mol. The van der Waals surface area contributed by atoms with Crippen molar-refractivity contribution < 1.29 is 8.42 Å². The van der Waals surface area contributed by atoms with Gasteiger partial charge in [0, 0.05) is 25.4 Å². The zero-order chi connectivity index (χ0) is 13.4. The average Bonchev–Trinajstić information content (AvgIpc) is 2.76. The number of guanidine groups is 1. The molecule has 0 atom stereocenters. The number of hydrogen-bond donors (Lipinski definition) is 2. The van der Waals surface area contributed by atoms with Gasteiger partial charge in [0.15, 0.2) is 5.96 Å². The average molecular weight is 403 g/mol. The van der Waals surface area contributed by atoms with Gasteiger partial charge < -0.3 is 10.6 Å². The maximum atomic E-state index is 11.0. The summed E-state index contributed by atoms with van der Waals surface area (Å²) in [5, 5.41) is 6.60. The summed E-state index contributed by atoms with van der Waals surface area (Å²) in [5.74, 6) is 1.03. The summed E-state index contributed by atoms with van der Waals surface area (Å²) < 4.78 is 22.0. The van der Waals surface area contributed by atoms with E-state index < -0.39 is 9.84 Å². The molecule has 1 fully saturated rings. The fourth-order valence-corrected chi connectivity index (χ4v) is 2.75. The minimum Gasteiger partial charge on any atom is -0.357 e. The molecule has 114 valence electrons. The fraction of sp³-hybridized carbons (Fsp3) is 0.917. The molecule has 0 unspecified atom stereocenters. The SMILES string of the molecule is CCNC(=NCCCS(C)(=O)=O)NC1CCCC1.I. The van der Waals surface area contributed by atoms with Gasteiger partial charge in [-0.05, 0) is 26.2 Å². The first kappa shape index (κ1) is 18.9. The van der Waals surface area contributed by atoms with Gasteiger partial charge in [-0.15, -0.1) is 24.0 Å². The maximum absolute atomic E-state index is 11.0. The van der Waals surface area contributed by atoms with E-state index in [1.165, 1.54) is 31.9 Å². The third kappa shape index (κ3) is 9.48. The molecular formula is C12H26IN3O2S. The van der Waals surface area contributed by atoms with Crippen LogP contribution in [0.3, 0.4) is 0 Å².